The van der Waals surface area contributed by atoms with Gasteiger partial charge in [-0.2, -0.15) is 13.2 Å². The zero-order chi connectivity index (χ0) is 19.0. The van der Waals surface area contributed by atoms with Gasteiger partial charge in [-0.3, -0.25) is 0 Å². The second-order valence-electron chi connectivity index (χ2n) is 6.73. The van der Waals surface area contributed by atoms with Gasteiger partial charge in [-0.25, -0.2) is 0 Å². The van der Waals surface area contributed by atoms with Crippen LogP contribution in [0.2, 0.25) is 0 Å². The second kappa shape index (κ2) is 6.62. The molecular formula is C23H17F3O. The highest BCUT2D eigenvalue weighted by molar-refractivity contribution is 6.00. The van der Waals surface area contributed by atoms with Gasteiger partial charge >= 0.3 is 6.18 Å². The molecule has 136 valence electrons. The maximum Gasteiger partial charge on any atom is 0.416 e. The SMILES string of the molecule is Oc1cccc2cc3ccc(CCc4cccc(C(F)(F)F)c4)cc3cc12. The molecule has 0 heterocycles. The van der Waals surface area contributed by atoms with Crippen LogP contribution in [-0.2, 0) is 19.0 Å². The zero-order valence-corrected chi connectivity index (χ0v) is 14.4. The normalized spacial score (nSPS) is 12.0. The minimum absolute atomic E-state index is 0.240. The van der Waals surface area contributed by atoms with Crippen molar-refractivity contribution >= 4 is 21.5 Å². The smallest absolute Gasteiger partial charge is 0.416 e. The lowest BCUT2D eigenvalue weighted by molar-refractivity contribution is -0.137. The molecule has 0 fully saturated rings. The summed E-state index contributed by atoms with van der Waals surface area (Å²) in [6.45, 7) is 0. The largest absolute Gasteiger partial charge is 0.507 e. The minimum Gasteiger partial charge on any atom is -0.507 e. The number of fused-ring (bicyclic) bond motifs is 2. The summed E-state index contributed by atoms with van der Waals surface area (Å²) in [6, 6.07) is 20.9. The van der Waals surface area contributed by atoms with Crippen LogP contribution in [0.15, 0.2) is 72.8 Å². The Morgan fingerprint density at radius 2 is 1.41 bits per heavy atom. The molecule has 4 heteroatoms. The van der Waals surface area contributed by atoms with Crippen LogP contribution in [0.5, 0.6) is 5.75 Å². The molecule has 0 aromatic heterocycles. The Balaban J connectivity index is 1.61. The molecule has 4 rings (SSSR count). The summed E-state index contributed by atoms with van der Waals surface area (Å²) in [5.41, 5.74) is 1.11. The summed E-state index contributed by atoms with van der Waals surface area (Å²) in [5.74, 6) is 0.240. The van der Waals surface area contributed by atoms with Crippen LogP contribution in [0.3, 0.4) is 0 Å². The van der Waals surface area contributed by atoms with E-state index in [0.29, 0.717) is 18.4 Å². The molecule has 0 aliphatic rings. The predicted molar refractivity (Wildman–Crippen MR) is 102 cm³/mol. The van der Waals surface area contributed by atoms with Crippen LogP contribution < -0.4 is 0 Å². The summed E-state index contributed by atoms with van der Waals surface area (Å²) in [7, 11) is 0. The third kappa shape index (κ3) is 3.61. The minimum atomic E-state index is -4.32. The lowest BCUT2D eigenvalue weighted by Gasteiger charge is -2.09. The first-order valence-electron chi connectivity index (χ1n) is 8.71. The average molecular weight is 366 g/mol. The molecule has 0 amide bonds. The van der Waals surface area contributed by atoms with Crippen molar-refractivity contribution in [3.8, 4) is 5.75 Å². The summed E-state index contributed by atoms with van der Waals surface area (Å²) < 4.78 is 38.5. The third-order valence-electron chi connectivity index (χ3n) is 4.84. The summed E-state index contributed by atoms with van der Waals surface area (Å²) in [4.78, 5) is 0. The molecule has 0 radical (unpaired) electrons. The first kappa shape index (κ1) is 17.4. The van der Waals surface area contributed by atoms with E-state index in [1.165, 1.54) is 12.1 Å². The number of hydrogen-bond acceptors (Lipinski definition) is 1. The fraction of sp³-hybridized carbons (Fsp3) is 0.130. The molecule has 1 nitrogen and oxygen atoms in total. The van der Waals surface area contributed by atoms with Crippen molar-refractivity contribution in [2.45, 2.75) is 19.0 Å². The van der Waals surface area contributed by atoms with E-state index in [4.69, 9.17) is 0 Å². The van der Waals surface area contributed by atoms with E-state index in [0.717, 1.165) is 33.2 Å². The standard InChI is InChI=1S/C23H17F3O/c24-23(25,26)20-5-1-3-15(12-20)7-8-16-9-10-17-13-18-4-2-6-22(27)21(18)14-19(17)11-16/h1-6,9-14,27H,7-8H2. The van der Waals surface area contributed by atoms with Crippen molar-refractivity contribution < 1.29 is 18.3 Å². The Bertz CT molecular complexity index is 1130. The van der Waals surface area contributed by atoms with Crippen LogP contribution in [0.25, 0.3) is 21.5 Å². The van der Waals surface area contributed by atoms with Gasteiger partial charge < -0.3 is 5.11 Å². The molecule has 4 aromatic rings. The summed E-state index contributed by atoms with van der Waals surface area (Å²) in [6.07, 6.45) is -3.13. The van der Waals surface area contributed by atoms with E-state index in [9.17, 15) is 18.3 Å². The molecule has 0 saturated carbocycles. The third-order valence-corrected chi connectivity index (χ3v) is 4.84. The van der Waals surface area contributed by atoms with Crippen molar-refractivity contribution in [3.63, 3.8) is 0 Å². The van der Waals surface area contributed by atoms with Crippen molar-refractivity contribution in [3.05, 3.63) is 89.5 Å². The van der Waals surface area contributed by atoms with Crippen LogP contribution in [0.1, 0.15) is 16.7 Å². The van der Waals surface area contributed by atoms with Crippen LogP contribution in [0.4, 0.5) is 13.2 Å². The van der Waals surface area contributed by atoms with Gasteiger partial charge in [0.1, 0.15) is 5.75 Å². The number of aryl methyl sites for hydroxylation is 2. The van der Waals surface area contributed by atoms with E-state index < -0.39 is 11.7 Å². The molecule has 0 aliphatic heterocycles. The number of hydrogen-bond donors (Lipinski definition) is 1. The van der Waals surface area contributed by atoms with Crippen LogP contribution in [-0.4, -0.2) is 5.11 Å². The number of benzene rings is 4. The van der Waals surface area contributed by atoms with E-state index in [2.05, 4.69) is 0 Å². The van der Waals surface area contributed by atoms with E-state index in [1.54, 1.807) is 12.1 Å². The maximum absolute atomic E-state index is 12.8. The first-order valence-corrected chi connectivity index (χ1v) is 8.71. The zero-order valence-electron chi connectivity index (χ0n) is 14.4. The quantitative estimate of drug-likeness (QED) is 0.410. The van der Waals surface area contributed by atoms with E-state index >= 15 is 0 Å². The average Bonchev–Trinajstić information content (AvgIpc) is 2.65. The topological polar surface area (TPSA) is 20.2 Å². The number of phenols is 1. The van der Waals surface area contributed by atoms with E-state index in [1.807, 2.05) is 42.5 Å². The van der Waals surface area contributed by atoms with Gasteiger partial charge in [0.25, 0.3) is 0 Å². The van der Waals surface area contributed by atoms with Crippen molar-refractivity contribution in [1.82, 2.24) is 0 Å². The Hall–Kier alpha value is -3.01. The Labute approximate surface area is 154 Å². The lowest BCUT2D eigenvalue weighted by atomic mass is 9.98. The van der Waals surface area contributed by atoms with Gasteiger partial charge in [0.05, 0.1) is 5.56 Å². The number of rotatable bonds is 3. The van der Waals surface area contributed by atoms with Gasteiger partial charge in [-0.05, 0) is 64.4 Å². The highest BCUT2D eigenvalue weighted by Crippen LogP contribution is 2.31. The molecule has 27 heavy (non-hydrogen) atoms. The number of phenolic OH excluding ortho intramolecular Hbond substituents is 1. The van der Waals surface area contributed by atoms with Gasteiger partial charge in [0.15, 0.2) is 0 Å². The molecular weight excluding hydrogens is 349 g/mol. The Kier molecular flexibility index (Phi) is 4.27. The highest BCUT2D eigenvalue weighted by atomic mass is 19.4. The summed E-state index contributed by atoms with van der Waals surface area (Å²) in [5, 5.41) is 13.9. The monoisotopic (exact) mass is 366 g/mol. The van der Waals surface area contributed by atoms with Gasteiger partial charge in [0, 0.05) is 5.39 Å². The number of halogens is 3. The van der Waals surface area contributed by atoms with Gasteiger partial charge in [-0.15, -0.1) is 0 Å². The van der Waals surface area contributed by atoms with Gasteiger partial charge in [0.2, 0.25) is 0 Å². The molecule has 0 aliphatic carbocycles. The second-order valence-corrected chi connectivity index (χ2v) is 6.73. The van der Waals surface area contributed by atoms with Crippen LogP contribution in [0, 0.1) is 0 Å². The van der Waals surface area contributed by atoms with Crippen molar-refractivity contribution in [2.24, 2.45) is 0 Å². The summed E-state index contributed by atoms with van der Waals surface area (Å²) >= 11 is 0. The van der Waals surface area contributed by atoms with Crippen molar-refractivity contribution in [2.75, 3.05) is 0 Å². The molecule has 0 atom stereocenters. The first-order chi connectivity index (χ1) is 12.9. The van der Waals surface area contributed by atoms with E-state index in [-0.39, 0.29) is 5.75 Å². The predicted octanol–water partition coefficient (Wildman–Crippen LogP) is 6.50. The fourth-order valence-electron chi connectivity index (χ4n) is 3.40. The van der Waals surface area contributed by atoms with Crippen LogP contribution >= 0.6 is 0 Å². The number of alkyl halides is 3. The molecule has 0 bridgehead atoms. The number of aromatic hydroxyl groups is 1. The Morgan fingerprint density at radius 3 is 2.19 bits per heavy atom. The van der Waals surface area contributed by atoms with Gasteiger partial charge in [-0.1, -0.05) is 48.5 Å². The van der Waals surface area contributed by atoms with Crippen molar-refractivity contribution in [1.29, 1.82) is 0 Å². The maximum atomic E-state index is 12.8. The highest BCUT2D eigenvalue weighted by Gasteiger charge is 2.30. The molecule has 1 N–H and O–H groups in total. The molecule has 0 spiro atoms. The molecule has 4 aromatic carbocycles. The lowest BCUT2D eigenvalue weighted by Crippen LogP contribution is -2.05. The molecule has 0 saturated heterocycles. The Morgan fingerprint density at radius 1 is 0.667 bits per heavy atom. The fourth-order valence-corrected chi connectivity index (χ4v) is 3.40. The molecule has 0 unspecified atom stereocenters.